The molecule has 122 valence electrons. The third kappa shape index (κ3) is 3.13. The van der Waals surface area contributed by atoms with Crippen molar-refractivity contribution in [2.24, 2.45) is 0 Å². The summed E-state index contributed by atoms with van der Waals surface area (Å²) in [5.41, 5.74) is 3.04. The number of ether oxygens (including phenoxy) is 1. The van der Waals surface area contributed by atoms with E-state index in [0.29, 0.717) is 6.54 Å². The van der Waals surface area contributed by atoms with Gasteiger partial charge < -0.3 is 19.9 Å². The third-order valence-corrected chi connectivity index (χ3v) is 4.11. The Hall–Kier alpha value is -2.57. The minimum absolute atomic E-state index is 0.0670. The molecular formula is C16H20N4O3. The van der Waals surface area contributed by atoms with E-state index >= 15 is 0 Å². The fourth-order valence-corrected chi connectivity index (χ4v) is 2.97. The van der Waals surface area contributed by atoms with E-state index in [2.05, 4.69) is 20.0 Å². The van der Waals surface area contributed by atoms with E-state index in [4.69, 9.17) is 0 Å². The molecule has 1 aromatic heterocycles. The number of aromatic nitrogens is 2. The average Bonchev–Trinajstić information content (AvgIpc) is 3.17. The highest BCUT2D eigenvalue weighted by Crippen LogP contribution is 2.31. The van der Waals surface area contributed by atoms with Crippen LogP contribution in [0.25, 0.3) is 11.0 Å². The van der Waals surface area contributed by atoms with Crippen LogP contribution in [-0.2, 0) is 9.53 Å². The lowest BCUT2D eigenvalue weighted by Gasteiger charge is -2.23. The Morgan fingerprint density at radius 2 is 2.30 bits per heavy atom. The molecule has 2 heterocycles. The van der Waals surface area contributed by atoms with Gasteiger partial charge in [-0.15, -0.1) is 0 Å². The first-order valence-corrected chi connectivity index (χ1v) is 7.66. The summed E-state index contributed by atoms with van der Waals surface area (Å²) in [4.78, 5) is 33.1. The van der Waals surface area contributed by atoms with E-state index in [1.807, 2.05) is 25.1 Å². The average molecular weight is 316 g/mol. The summed E-state index contributed by atoms with van der Waals surface area (Å²) in [6.45, 7) is 2.63. The van der Waals surface area contributed by atoms with Crippen LogP contribution in [-0.4, -0.2) is 47.1 Å². The van der Waals surface area contributed by atoms with Crippen molar-refractivity contribution in [3.8, 4) is 0 Å². The first kappa shape index (κ1) is 15.3. The summed E-state index contributed by atoms with van der Waals surface area (Å²) in [5, 5.41) is 2.43. The van der Waals surface area contributed by atoms with Gasteiger partial charge in [-0.1, -0.05) is 6.07 Å². The molecule has 1 atom stereocenters. The number of nitrogens with one attached hydrogen (secondary N) is 2. The third-order valence-electron chi connectivity index (χ3n) is 4.11. The van der Waals surface area contributed by atoms with Crippen LogP contribution in [0.3, 0.4) is 0 Å². The summed E-state index contributed by atoms with van der Waals surface area (Å²) in [6.07, 6.45) is 1.18. The maximum atomic E-state index is 12.3. The van der Waals surface area contributed by atoms with Crippen LogP contribution in [0.2, 0.25) is 0 Å². The van der Waals surface area contributed by atoms with Gasteiger partial charge in [-0.3, -0.25) is 4.79 Å². The number of benzene rings is 1. The number of carbonyl (C=O) groups excluding carboxylic acids is 2. The Bertz CT molecular complexity index is 740. The highest BCUT2D eigenvalue weighted by molar-refractivity contribution is 5.83. The minimum Gasteiger partial charge on any atom is -0.453 e. The Labute approximate surface area is 134 Å². The topological polar surface area (TPSA) is 87.3 Å². The van der Waals surface area contributed by atoms with Crippen molar-refractivity contribution >= 4 is 23.0 Å². The molecule has 0 radical (unpaired) electrons. The molecule has 0 spiro atoms. The van der Waals surface area contributed by atoms with Crippen LogP contribution in [0.15, 0.2) is 18.2 Å². The van der Waals surface area contributed by atoms with E-state index < -0.39 is 6.09 Å². The fourth-order valence-electron chi connectivity index (χ4n) is 2.97. The van der Waals surface area contributed by atoms with E-state index in [1.165, 1.54) is 7.11 Å². The Morgan fingerprint density at radius 1 is 1.48 bits per heavy atom. The first-order chi connectivity index (χ1) is 11.1. The molecule has 2 N–H and O–H groups in total. The van der Waals surface area contributed by atoms with Crippen molar-refractivity contribution in [1.29, 1.82) is 0 Å². The smallest absolute Gasteiger partial charge is 0.407 e. The number of hydrogen-bond donors (Lipinski definition) is 2. The predicted octanol–water partition coefficient (Wildman–Crippen LogP) is 1.89. The van der Waals surface area contributed by atoms with Crippen molar-refractivity contribution in [2.45, 2.75) is 25.8 Å². The van der Waals surface area contributed by atoms with Gasteiger partial charge in [0.2, 0.25) is 5.91 Å². The van der Waals surface area contributed by atoms with Gasteiger partial charge in [0, 0.05) is 6.54 Å². The van der Waals surface area contributed by atoms with E-state index in [1.54, 1.807) is 4.90 Å². The van der Waals surface area contributed by atoms with Crippen LogP contribution >= 0.6 is 0 Å². The molecule has 1 fully saturated rings. The lowest BCUT2D eigenvalue weighted by atomic mass is 10.2. The van der Waals surface area contributed by atoms with E-state index in [0.717, 1.165) is 35.3 Å². The van der Waals surface area contributed by atoms with E-state index in [-0.39, 0.29) is 18.5 Å². The summed E-state index contributed by atoms with van der Waals surface area (Å²) in [5.74, 6) is 0.670. The van der Waals surface area contributed by atoms with Crippen LogP contribution < -0.4 is 5.32 Å². The molecular weight excluding hydrogens is 296 g/mol. The van der Waals surface area contributed by atoms with Gasteiger partial charge in [0.15, 0.2) is 0 Å². The molecule has 2 aromatic rings. The summed E-state index contributed by atoms with van der Waals surface area (Å²) >= 11 is 0. The number of fused-ring (bicyclic) bond motifs is 1. The van der Waals surface area contributed by atoms with Gasteiger partial charge in [-0.25, -0.2) is 9.78 Å². The van der Waals surface area contributed by atoms with Gasteiger partial charge in [0.25, 0.3) is 0 Å². The number of imidazole rings is 1. The number of alkyl carbamates (subject to hydrolysis) is 1. The number of hydrogen-bond acceptors (Lipinski definition) is 4. The van der Waals surface area contributed by atoms with Crippen LogP contribution in [0.5, 0.6) is 0 Å². The molecule has 2 amide bonds. The molecule has 3 rings (SSSR count). The summed E-state index contributed by atoms with van der Waals surface area (Å²) in [6, 6.07) is 5.97. The number of H-pyrrole nitrogens is 1. The molecule has 0 unspecified atom stereocenters. The molecule has 7 heteroatoms. The summed E-state index contributed by atoms with van der Waals surface area (Å²) < 4.78 is 4.49. The van der Waals surface area contributed by atoms with Gasteiger partial charge in [-0.2, -0.15) is 0 Å². The van der Waals surface area contributed by atoms with E-state index in [9.17, 15) is 9.59 Å². The first-order valence-electron chi connectivity index (χ1n) is 7.66. The molecule has 1 aliphatic rings. The number of methoxy groups -OCH3 is 1. The zero-order valence-electron chi connectivity index (χ0n) is 13.3. The minimum atomic E-state index is -0.603. The fraction of sp³-hybridized carbons (Fsp3) is 0.438. The number of aryl methyl sites for hydroxylation is 1. The van der Waals surface area contributed by atoms with Crippen molar-refractivity contribution in [1.82, 2.24) is 20.2 Å². The second-order valence-electron chi connectivity index (χ2n) is 5.73. The normalized spacial score (nSPS) is 17.5. The quantitative estimate of drug-likeness (QED) is 0.905. The number of carbonyl (C=O) groups is 2. The highest BCUT2D eigenvalue weighted by Gasteiger charge is 2.32. The largest absolute Gasteiger partial charge is 0.453 e. The van der Waals surface area contributed by atoms with Crippen LogP contribution in [0, 0.1) is 6.92 Å². The lowest BCUT2D eigenvalue weighted by Crippen LogP contribution is -2.40. The predicted molar refractivity (Wildman–Crippen MR) is 84.9 cm³/mol. The Balaban J connectivity index is 1.77. The number of rotatable bonds is 3. The monoisotopic (exact) mass is 316 g/mol. The maximum absolute atomic E-state index is 12.3. The number of aromatic amines is 1. The zero-order valence-corrected chi connectivity index (χ0v) is 13.3. The molecule has 0 aliphatic carbocycles. The number of amides is 2. The standard InChI is InChI=1S/C16H20N4O3/c1-10-5-6-11-12(8-10)19-15(18-11)13-4-3-7-20(13)14(21)9-17-16(22)23-2/h5-6,8,13H,3-4,7,9H2,1-2H3,(H,17,22)(H,18,19)/t13-/m0/s1. The Kier molecular flexibility index (Phi) is 4.18. The van der Waals surface area contributed by atoms with Crippen molar-refractivity contribution in [3.63, 3.8) is 0 Å². The van der Waals surface area contributed by atoms with Crippen molar-refractivity contribution in [2.75, 3.05) is 20.2 Å². The number of nitrogens with zero attached hydrogens (tertiary/aromatic N) is 2. The second kappa shape index (κ2) is 6.28. The number of likely N-dealkylation sites (tertiary alicyclic amines) is 1. The van der Waals surface area contributed by atoms with Crippen LogP contribution in [0.4, 0.5) is 4.79 Å². The molecule has 1 aliphatic heterocycles. The molecule has 23 heavy (non-hydrogen) atoms. The molecule has 0 bridgehead atoms. The molecule has 1 aromatic carbocycles. The van der Waals surface area contributed by atoms with Gasteiger partial charge in [0.05, 0.1) is 24.2 Å². The van der Waals surface area contributed by atoms with Crippen molar-refractivity contribution < 1.29 is 14.3 Å². The SMILES string of the molecule is COC(=O)NCC(=O)N1CCC[C@H]1c1nc2ccc(C)cc2[nH]1. The van der Waals surface area contributed by atoms with Crippen molar-refractivity contribution in [3.05, 3.63) is 29.6 Å². The van der Waals surface area contributed by atoms with Gasteiger partial charge in [0.1, 0.15) is 12.4 Å². The molecule has 0 saturated carbocycles. The Morgan fingerprint density at radius 3 is 3.09 bits per heavy atom. The maximum Gasteiger partial charge on any atom is 0.407 e. The van der Waals surface area contributed by atoms with Gasteiger partial charge >= 0.3 is 6.09 Å². The summed E-state index contributed by atoms with van der Waals surface area (Å²) in [7, 11) is 1.27. The van der Waals surface area contributed by atoms with Crippen LogP contribution in [0.1, 0.15) is 30.3 Å². The molecule has 7 nitrogen and oxygen atoms in total. The lowest BCUT2D eigenvalue weighted by molar-refractivity contribution is -0.131. The zero-order chi connectivity index (χ0) is 16.4. The highest BCUT2D eigenvalue weighted by atomic mass is 16.5. The van der Waals surface area contributed by atoms with Gasteiger partial charge in [-0.05, 0) is 37.5 Å². The molecule has 1 saturated heterocycles. The second-order valence-corrected chi connectivity index (χ2v) is 5.73.